The van der Waals surface area contributed by atoms with E-state index in [-0.39, 0.29) is 53.5 Å². The van der Waals surface area contributed by atoms with Gasteiger partial charge in [-0.05, 0) is 118 Å². The van der Waals surface area contributed by atoms with Crippen LogP contribution in [-0.2, 0) is 26.7 Å². The van der Waals surface area contributed by atoms with E-state index in [9.17, 15) is 51.0 Å². The lowest BCUT2D eigenvalue weighted by Gasteiger charge is -2.29. The molecule has 1 aliphatic carbocycles. The molecule has 3 aromatic carbocycles. The second-order valence-electron chi connectivity index (χ2n) is 17.2. The molecule has 0 radical (unpaired) electrons. The summed E-state index contributed by atoms with van der Waals surface area (Å²) in [5.74, 6) is -8.49. The molecule has 2 fully saturated rings. The Morgan fingerprint density at radius 3 is 2.24 bits per heavy atom. The first-order valence-electron chi connectivity index (χ1n) is 20.6. The Labute approximate surface area is 359 Å². The molecule has 0 spiro atoms. The first kappa shape index (κ1) is 46.2. The highest BCUT2D eigenvalue weighted by Gasteiger charge is 2.61. The van der Waals surface area contributed by atoms with Gasteiger partial charge in [0.2, 0.25) is 11.8 Å². The Kier molecular flexibility index (Phi) is 13.7. The van der Waals surface area contributed by atoms with Crippen LogP contribution in [0.15, 0.2) is 60.7 Å². The zero-order valence-electron chi connectivity index (χ0n) is 35.1. The van der Waals surface area contributed by atoms with Crippen LogP contribution in [0.1, 0.15) is 80.2 Å². The molecule has 63 heavy (non-hydrogen) atoms. The molecule has 4 aromatic rings. The summed E-state index contributed by atoms with van der Waals surface area (Å²) in [7, 11) is 0. The van der Waals surface area contributed by atoms with Crippen LogP contribution < -0.4 is 21.3 Å². The molecule has 19 heteroatoms. The lowest BCUT2D eigenvalue weighted by Crippen LogP contribution is -2.48. The van der Waals surface area contributed by atoms with Gasteiger partial charge in [0, 0.05) is 49.3 Å². The number of alkyl carbamates (subject to hydrolysis) is 1. The molecule has 5 amide bonds. The molecule has 1 saturated carbocycles. The van der Waals surface area contributed by atoms with E-state index in [0.717, 1.165) is 22.8 Å². The maximum atomic E-state index is 14.0. The number of halogens is 5. The van der Waals surface area contributed by atoms with Crippen molar-refractivity contribution in [1.82, 2.24) is 30.8 Å². The minimum atomic E-state index is -5.88. The Bertz CT molecular complexity index is 2340. The number of hydrogen-bond acceptors (Lipinski definition) is 7. The number of hydrogen-bond donors (Lipinski definition) is 6. The number of anilines is 1. The summed E-state index contributed by atoms with van der Waals surface area (Å²) in [6, 6.07) is 14.7. The number of carbonyl (C=O) groups is 5. The van der Waals surface area contributed by atoms with Crippen molar-refractivity contribution in [2.45, 2.75) is 96.0 Å². The normalized spacial score (nSPS) is 18.7. The van der Waals surface area contributed by atoms with Crippen LogP contribution in [0.4, 0.5) is 37.2 Å². The van der Waals surface area contributed by atoms with Gasteiger partial charge in [0.1, 0.15) is 11.6 Å². The lowest BCUT2D eigenvalue weighted by molar-refractivity contribution is -0.292. The van der Waals surface area contributed by atoms with Crippen LogP contribution in [0, 0.1) is 18.8 Å². The van der Waals surface area contributed by atoms with Gasteiger partial charge in [-0.25, -0.2) is 14.6 Å². The van der Waals surface area contributed by atoms with E-state index in [4.69, 9.17) is 4.74 Å². The number of likely N-dealkylation sites (tertiary alicyclic amines) is 1. The van der Waals surface area contributed by atoms with Gasteiger partial charge in [0.25, 0.3) is 5.91 Å². The van der Waals surface area contributed by atoms with Crippen LogP contribution in [0.2, 0.25) is 0 Å². The molecule has 0 unspecified atom stereocenters. The quantitative estimate of drug-likeness (QED) is 0.0780. The van der Waals surface area contributed by atoms with Crippen LogP contribution in [0.5, 0.6) is 0 Å². The fourth-order valence-electron chi connectivity index (χ4n) is 7.77. The number of alkyl halides is 5. The number of rotatable bonds is 12. The third-order valence-corrected chi connectivity index (χ3v) is 11.2. The maximum absolute atomic E-state index is 14.0. The number of nitrogens with zero attached hydrogens (tertiary/aromatic N) is 2. The summed E-state index contributed by atoms with van der Waals surface area (Å²) < 4.78 is 72.5. The molecule has 6 rings (SSSR count). The summed E-state index contributed by atoms with van der Waals surface area (Å²) >= 11 is 0. The highest BCUT2D eigenvalue weighted by atomic mass is 19.4. The summed E-state index contributed by atoms with van der Waals surface area (Å²) in [5, 5.41) is 20.4. The molecule has 1 aliphatic heterocycles. The molecule has 14 nitrogen and oxygen atoms in total. The zero-order valence-corrected chi connectivity index (χ0v) is 35.1. The number of aryl methyl sites for hydroxylation is 1. The van der Waals surface area contributed by atoms with Crippen molar-refractivity contribution in [2.24, 2.45) is 11.8 Å². The smallest absolute Gasteiger partial charge is 0.461 e. The van der Waals surface area contributed by atoms with Crippen molar-refractivity contribution in [1.29, 1.82) is 0 Å². The summed E-state index contributed by atoms with van der Waals surface area (Å²) in [5.41, 5.74) is 2.58. The standard InChI is InChI=1S/C44H50F5N7O7/c1-24-19-29(37(58)52-31-17-18-56(23-31)41(61)62)13-15-32(24)27-9-5-25(6-10-27)20-35(53-36(57)28-11-7-26(8-12-28)22-50-40(60)63-42(2,3)4)38(59)51-30-14-16-33-34(21-30)55-39(54-33)43(45,46)44(47,48)49/h5-6,9-10,13-16,19,21,26,28,31,35H,7-8,11-12,17-18,20,22-23H2,1-4H3,(H,50,60)(H,51,59)(H,52,58)(H,53,57)(H,54,55)(H,61,62)/t26-,28-,31-,35+/m1/s1. The minimum absolute atomic E-state index is 0.0260. The van der Waals surface area contributed by atoms with Crippen molar-refractivity contribution >= 4 is 46.6 Å². The zero-order chi connectivity index (χ0) is 45.9. The lowest BCUT2D eigenvalue weighted by atomic mass is 9.81. The van der Waals surface area contributed by atoms with Crippen molar-refractivity contribution < 1.29 is 55.8 Å². The summed E-state index contributed by atoms with van der Waals surface area (Å²) in [6.45, 7) is 8.09. The van der Waals surface area contributed by atoms with E-state index < -0.39 is 53.6 Å². The number of aromatic amines is 1. The van der Waals surface area contributed by atoms with Gasteiger partial charge < -0.3 is 41.0 Å². The number of aromatic nitrogens is 2. The monoisotopic (exact) mass is 883 g/mol. The average Bonchev–Trinajstić information content (AvgIpc) is 3.87. The number of imidazole rings is 1. The van der Waals surface area contributed by atoms with Gasteiger partial charge in [0.15, 0.2) is 5.82 Å². The molecule has 0 bridgehead atoms. The number of H-pyrrole nitrogens is 1. The van der Waals surface area contributed by atoms with E-state index in [0.29, 0.717) is 56.3 Å². The molecular formula is C44H50F5N7O7. The fraction of sp³-hybridized carbons (Fsp3) is 0.455. The molecule has 2 aliphatic rings. The SMILES string of the molecule is Cc1cc(C(=O)N[C@@H]2CCN(C(=O)O)C2)ccc1-c1ccc(C[C@H](NC(=O)[C@H]2CC[C@H](CNC(=O)OC(C)(C)C)CC2)C(=O)Nc2ccc3[nH]c(C(F)(F)C(F)(F)F)nc3c2)cc1. The maximum Gasteiger partial charge on any atom is 0.461 e. The molecule has 6 N–H and O–H groups in total. The van der Waals surface area contributed by atoms with Gasteiger partial charge >= 0.3 is 24.3 Å². The van der Waals surface area contributed by atoms with E-state index in [1.807, 2.05) is 24.0 Å². The van der Waals surface area contributed by atoms with Gasteiger partial charge in [-0.1, -0.05) is 30.3 Å². The largest absolute Gasteiger partial charge is 0.465 e. The predicted octanol–water partition coefficient (Wildman–Crippen LogP) is 7.67. The van der Waals surface area contributed by atoms with Crippen LogP contribution in [0.3, 0.4) is 0 Å². The third kappa shape index (κ3) is 11.6. The predicted molar refractivity (Wildman–Crippen MR) is 222 cm³/mol. The number of carboxylic acid groups (broad SMARTS) is 1. The first-order chi connectivity index (χ1) is 29.6. The van der Waals surface area contributed by atoms with Gasteiger partial charge in [-0.2, -0.15) is 22.0 Å². The first-order valence-corrected chi connectivity index (χ1v) is 20.6. The second-order valence-corrected chi connectivity index (χ2v) is 17.2. The molecule has 338 valence electrons. The highest BCUT2D eigenvalue weighted by Crippen LogP contribution is 2.43. The Morgan fingerprint density at radius 1 is 0.921 bits per heavy atom. The van der Waals surface area contributed by atoms with Gasteiger partial charge in [-0.3, -0.25) is 14.4 Å². The molecule has 2 atom stereocenters. The number of amides is 5. The van der Waals surface area contributed by atoms with Crippen molar-refractivity contribution in [3.8, 4) is 11.1 Å². The van der Waals surface area contributed by atoms with Crippen LogP contribution in [0.25, 0.3) is 22.2 Å². The van der Waals surface area contributed by atoms with E-state index in [1.54, 1.807) is 51.1 Å². The molecule has 1 saturated heterocycles. The van der Waals surface area contributed by atoms with E-state index in [1.165, 1.54) is 17.0 Å². The molecular weight excluding hydrogens is 834 g/mol. The van der Waals surface area contributed by atoms with E-state index in [2.05, 4.69) is 26.3 Å². The number of nitrogens with one attached hydrogen (secondary N) is 5. The number of ether oxygens (including phenoxy) is 1. The van der Waals surface area contributed by atoms with Crippen molar-refractivity contribution in [2.75, 3.05) is 25.0 Å². The van der Waals surface area contributed by atoms with E-state index >= 15 is 0 Å². The topological polar surface area (TPSA) is 195 Å². The number of fused-ring (bicyclic) bond motifs is 1. The number of carbonyl (C=O) groups excluding carboxylic acids is 4. The second kappa shape index (κ2) is 18.6. The van der Waals surface area contributed by atoms with Crippen molar-refractivity contribution in [3.05, 3.63) is 83.2 Å². The third-order valence-electron chi connectivity index (χ3n) is 11.2. The van der Waals surface area contributed by atoms with Crippen LogP contribution >= 0.6 is 0 Å². The Morgan fingerprint density at radius 2 is 1.62 bits per heavy atom. The van der Waals surface area contributed by atoms with Crippen LogP contribution in [-0.4, -0.2) is 93.4 Å². The number of benzene rings is 3. The molecule has 1 aromatic heterocycles. The Hall–Kier alpha value is -6.27. The van der Waals surface area contributed by atoms with Gasteiger partial charge in [0.05, 0.1) is 11.0 Å². The van der Waals surface area contributed by atoms with Gasteiger partial charge in [-0.15, -0.1) is 0 Å². The summed E-state index contributed by atoms with van der Waals surface area (Å²) in [4.78, 5) is 70.7. The fourth-order valence-corrected chi connectivity index (χ4v) is 7.77. The molecule has 2 heterocycles. The summed E-state index contributed by atoms with van der Waals surface area (Å²) in [6.07, 6.45) is -4.62. The van der Waals surface area contributed by atoms with Crippen molar-refractivity contribution in [3.63, 3.8) is 0 Å². The highest BCUT2D eigenvalue weighted by molar-refractivity contribution is 5.99. The Balaban J connectivity index is 1.14. The minimum Gasteiger partial charge on any atom is -0.465 e. The average molecular weight is 884 g/mol.